The van der Waals surface area contributed by atoms with Crippen molar-refractivity contribution in [1.82, 2.24) is 9.55 Å². The van der Waals surface area contributed by atoms with Crippen molar-refractivity contribution in [3.05, 3.63) is 54.4 Å². The summed E-state index contributed by atoms with van der Waals surface area (Å²) < 4.78 is 7.23. The fraction of sp³-hybridized carbons (Fsp3) is 0.263. The summed E-state index contributed by atoms with van der Waals surface area (Å²) in [5.74, 6) is 0. The molecule has 0 aliphatic carbocycles. The zero-order chi connectivity index (χ0) is 16.6. The van der Waals surface area contributed by atoms with Crippen LogP contribution in [0.1, 0.15) is 26.3 Å². The second kappa shape index (κ2) is 5.54. The van der Waals surface area contributed by atoms with Crippen LogP contribution in [0.15, 0.2) is 48.8 Å². The van der Waals surface area contributed by atoms with Crippen LogP contribution < -0.4 is 0 Å². The van der Waals surface area contributed by atoms with Gasteiger partial charge in [-0.05, 0) is 45.4 Å². The Morgan fingerprint density at radius 2 is 1.91 bits per heavy atom. The lowest BCUT2D eigenvalue weighted by molar-refractivity contribution is 0.0547. The van der Waals surface area contributed by atoms with Crippen LogP contribution in [0.2, 0.25) is 0 Å². The number of aromatic nitrogens is 2. The molecule has 0 aliphatic heterocycles. The van der Waals surface area contributed by atoms with Gasteiger partial charge in [0.2, 0.25) is 0 Å². The van der Waals surface area contributed by atoms with Crippen molar-refractivity contribution in [3.63, 3.8) is 0 Å². The van der Waals surface area contributed by atoms with Crippen molar-refractivity contribution >= 4 is 17.0 Å². The highest BCUT2D eigenvalue weighted by molar-refractivity contribution is 5.96. The van der Waals surface area contributed by atoms with Gasteiger partial charge < -0.3 is 4.74 Å². The van der Waals surface area contributed by atoms with E-state index in [2.05, 4.69) is 4.98 Å². The molecule has 0 atom stereocenters. The second-order valence-corrected chi connectivity index (χ2v) is 6.59. The average Bonchev–Trinajstić information content (AvgIpc) is 2.85. The van der Waals surface area contributed by atoms with Gasteiger partial charge in [0, 0.05) is 23.3 Å². The van der Waals surface area contributed by atoms with Crippen LogP contribution >= 0.6 is 0 Å². The van der Waals surface area contributed by atoms with E-state index < -0.39 is 5.60 Å². The van der Waals surface area contributed by atoms with Gasteiger partial charge in [-0.15, -0.1) is 0 Å². The summed E-state index contributed by atoms with van der Waals surface area (Å²) in [6.07, 6.45) is 3.07. The minimum Gasteiger partial charge on any atom is -0.443 e. The summed E-state index contributed by atoms with van der Waals surface area (Å²) in [6, 6.07) is 11.8. The highest BCUT2D eigenvalue weighted by Crippen LogP contribution is 2.30. The number of hydrogen-bond donors (Lipinski definition) is 0. The number of pyridine rings is 1. The maximum absolute atomic E-state index is 12.8. The number of aryl methyl sites for hydroxylation is 1. The molecule has 2 aromatic heterocycles. The molecule has 0 radical (unpaired) electrons. The van der Waals surface area contributed by atoms with E-state index >= 15 is 0 Å². The van der Waals surface area contributed by atoms with Crippen LogP contribution in [0.5, 0.6) is 0 Å². The Hall–Kier alpha value is -2.62. The third kappa shape index (κ3) is 2.97. The molecule has 1 aromatic carbocycles. The molecule has 0 bridgehead atoms. The Labute approximate surface area is 135 Å². The Kier molecular flexibility index (Phi) is 3.68. The van der Waals surface area contributed by atoms with Crippen LogP contribution in [0.4, 0.5) is 4.79 Å². The average molecular weight is 308 g/mol. The van der Waals surface area contributed by atoms with Gasteiger partial charge in [0.25, 0.3) is 0 Å². The molecule has 0 N–H and O–H groups in total. The van der Waals surface area contributed by atoms with Crippen LogP contribution in [0.25, 0.3) is 22.2 Å². The van der Waals surface area contributed by atoms with Crippen molar-refractivity contribution in [2.24, 2.45) is 0 Å². The van der Waals surface area contributed by atoms with E-state index in [1.54, 1.807) is 17.0 Å². The number of nitrogens with zero attached hydrogens (tertiary/aromatic N) is 2. The molecule has 0 aliphatic rings. The molecule has 0 amide bonds. The maximum atomic E-state index is 12.8. The number of rotatable bonds is 1. The van der Waals surface area contributed by atoms with E-state index in [1.807, 2.05) is 64.1 Å². The van der Waals surface area contributed by atoms with Crippen LogP contribution in [0, 0.1) is 6.92 Å². The first-order chi connectivity index (χ1) is 10.9. The smallest absolute Gasteiger partial charge is 0.419 e. The first kappa shape index (κ1) is 15.3. The lowest BCUT2D eigenvalue weighted by Crippen LogP contribution is -2.27. The van der Waals surface area contributed by atoms with Crippen molar-refractivity contribution < 1.29 is 9.53 Å². The zero-order valence-electron chi connectivity index (χ0n) is 13.8. The lowest BCUT2D eigenvalue weighted by Gasteiger charge is -2.21. The Morgan fingerprint density at radius 1 is 1.17 bits per heavy atom. The molecule has 4 nitrogen and oxygen atoms in total. The van der Waals surface area contributed by atoms with Crippen molar-refractivity contribution in [3.8, 4) is 11.3 Å². The van der Waals surface area contributed by atoms with E-state index in [0.717, 1.165) is 27.7 Å². The lowest BCUT2D eigenvalue weighted by atomic mass is 10.1. The number of fused-ring (bicyclic) bond motifs is 1. The molecule has 23 heavy (non-hydrogen) atoms. The van der Waals surface area contributed by atoms with Gasteiger partial charge in [0.05, 0.1) is 11.2 Å². The molecular formula is C19H20N2O2. The Balaban J connectivity index is 2.24. The van der Waals surface area contributed by atoms with Crippen molar-refractivity contribution in [2.45, 2.75) is 33.3 Å². The molecule has 0 unspecified atom stereocenters. The molecule has 3 aromatic rings. The standard InChI is InChI=1S/C19H20N2O2/c1-13-7-5-6-8-15(13)17-11-14-12-20-10-9-16(14)21(17)18(22)23-19(2,3)4/h5-12H,1-4H3. The first-order valence-corrected chi connectivity index (χ1v) is 7.61. The molecular weight excluding hydrogens is 288 g/mol. The van der Waals surface area contributed by atoms with Crippen LogP contribution in [-0.2, 0) is 4.74 Å². The summed E-state index contributed by atoms with van der Waals surface area (Å²) in [5, 5.41) is 0.914. The Morgan fingerprint density at radius 3 is 2.61 bits per heavy atom. The van der Waals surface area contributed by atoms with Gasteiger partial charge in [-0.1, -0.05) is 24.3 Å². The van der Waals surface area contributed by atoms with Gasteiger partial charge in [-0.2, -0.15) is 0 Å². The third-order valence-corrected chi connectivity index (χ3v) is 3.60. The second-order valence-electron chi connectivity index (χ2n) is 6.59. The fourth-order valence-electron chi connectivity index (χ4n) is 2.62. The van der Waals surface area contributed by atoms with Crippen molar-refractivity contribution in [2.75, 3.05) is 0 Å². The number of hydrogen-bond acceptors (Lipinski definition) is 3. The van der Waals surface area contributed by atoms with E-state index in [9.17, 15) is 4.79 Å². The summed E-state index contributed by atoms with van der Waals surface area (Å²) in [5.41, 5.74) is 3.18. The van der Waals surface area contributed by atoms with E-state index in [-0.39, 0.29) is 6.09 Å². The molecule has 0 fully saturated rings. The number of carbonyl (C=O) groups excluding carboxylic acids is 1. The number of benzene rings is 1. The molecule has 0 spiro atoms. The highest BCUT2D eigenvalue weighted by Gasteiger charge is 2.23. The Bertz CT molecular complexity index is 872. The molecule has 0 saturated carbocycles. The quantitative estimate of drug-likeness (QED) is 0.649. The van der Waals surface area contributed by atoms with Gasteiger partial charge in [0.15, 0.2) is 0 Å². The molecule has 2 heterocycles. The minimum absolute atomic E-state index is 0.378. The molecule has 3 rings (SSSR count). The van der Waals surface area contributed by atoms with Gasteiger partial charge >= 0.3 is 6.09 Å². The van der Waals surface area contributed by atoms with E-state index in [1.165, 1.54) is 0 Å². The highest BCUT2D eigenvalue weighted by atomic mass is 16.6. The summed E-state index contributed by atoms with van der Waals surface area (Å²) in [6.45, 7) is 7.63. The zero-order valence-corrected chi connectivity index (χ0v) is 13.8. The summed E-state index contributed by atoms with van der Waals surface area (Å²) >= 11 is 0. The maximum Gasteiger partial charge on any atom is 0.419 e. The fourth-order valence-corrected chi connectivity index (χ4v) is 2.62. The van der Waals surface area contributed by atoms with Crippen molar-refractivity contribution in [1.29, 1.82) is 0 Å². The van der Waals surface area contributed by atoms with Gasteiger partial charge in [-0.3, -0.25) is 4.98 Å². The molecule has 0 saturated heterocycles. The van der Waals surface area contributed by atoms with Crippen LogP contribution in [-0.4, -0.2) is 21.2 Å². The predicted molar refractivity (Wildman–Crippen MR) is 91.5 cm³/mol. The first-order valence-electron chi connectivity index (χ1n) is 7.61. The normalized spacial score (nSPS) is 11.7. The number of carbonyl (C=O) groups is 1. The van der Waals surface area contributed by atoms with E-state index in [4.69, 9.17) is 4.74 Å². The summed E-state index contributed by atoms with van der Waals surface area (Å²) in [4.78, 5) is 16.9. The third-order valence-electron chi connectivity index (χ3n) is 3.60. The largest absolute Gasteiger partial charge is 0.443 e. The van der Waals surface area contributed by atoms with Crippen LogP contribution in [0.3, 0.4) is 0 Å². The van der Waals surface area contributed by atoms with E-state index in [0.29, 0.717) is 0 Å². The van der Waals surface area contributed by atoms with Gasteiger partial charge in [-0.25, -0.2) is 9.36 Å². The van der Waals surface area contributed by atoms with Gasteiger partial charge in [0.1, 0.15) is 5.60 Å². The predicted octanol–water partition coefficient (Wildman–Crippen LogP) is 4.79. The molecule has 118 valence electrons. The SMILES string of the molecule is Cc1ccccc1-c1cc2cnccc2n1C(=O)OC(C)(C)C. The topological polar surface area (TPSA) is 44.1 Å². The molecule has 4 heteroatoms. The summed E-state index contributed by atoms with van der Waals surface area (Å²) in [7, 11) is 0. The monoisotopic (exact) mass is 308 g/mol. The number of ether oxygens (including phenoxy) is 1. The minimum atomic E-state index is -0.552.